The topological polar surface area (TPSA) is 68.7 Å². The molecule has 1 aromatic heterocycles. The number of anilines is 1. The third-order valence-electron chi connectivity index (χ3n) is 6.96. The maximum Gasteiger partial charge on any atom is 0.322 e. The third kappa shape index (κ3) is 4.30. The summed E-state index contributed by atoms with van der Waals surface area (Å²) in [6.07, 6.45) is 6.06. The lowest BCUT2D eigenvalue weighted by atomic mass is 9.84. The predicted octanol–water partition coefficient (Wildman–Crippen LogP) is 6.06. The van der Waals surface area contributed by atoms with Crippen LogP contribution in [0.1, 0.15) is 31.2 Å². The van der Waals surface area contributed by atoms with Crippen molar-refractivity contribution < 1.29 is 9.90 Å². The van der Waals surface area contributed by atoms with Crippen molar-refractivity contribution in [3.05, 3.63) is 52.1 Å². The van der Waals surface area contributed by atoms with Crippen LogP contribution in [0, 0.1) is 5.92 Å². The van der Waals surface area contributed by atoms with E-state index in [0.717, 1.165) is 65.5 Å². The number of benzene rings is 2. The van der Waals surface area contributed by atoms with Crippen LogP contribution in [0.2, 0.25) is 10.0 Å². The van der Waals surface area contributed by atoms with Crippen LogP contribution in [-0.4, -0.2) is 47.7 Å². The smallest absolute Gasteiger partial charge is 0.322 e. The molecule has 3 aromatic rings. The molecule has 0 radical (unpaired) electrons. The number of phenols is 1. The highest BCUT2D eigenvalue weighted by Crippen LogP contribution is 2.41. The van der Waals surface area contributed by atoms with Gasteiger partial charge in [-0.3, -0.25) is 9.88 Å². The second-order valence-corrected chi connectivity index (χ2v) is 10.4. The summed E-state index contributed by atoms with van der Waals surface area (Å²) >= 11 is 12.4. The minimum atomic E-state index is -0.125. The number of nitrogens with one attached hydrogen (secondary N) is 1. The lowest BCUT2D eigenvalue weighted by Gasteiger charge is -2.40. The Hall–Kier alpha value is -2.54. The van der Waals surface area contributed by atoms with E-state index in [-0.39, 0.29) is 27.9 Å². The molecule has 2 amide bonds. The van der Waals surface area contributed by atoms with Gasteiger partial charge in [-0.25, -0.2) is 4.79 Å². The number of carbonyl (C=O) groups excluding carboxylic acids is 1. The highest BCUT2D eigenvalue weighted by molar-refractivity contribution is 6.37. The molecular formula is C26H28Cl2N4O2. The van der Waals surface area contributed by atoms with Gasteiger partial charge >= 0.3 is 6.03 Å². The van der Waals surface area contributed by atoms with Gasteiger partial charge in [-0.15, -0.1) is 0 Å². The Morgan fingerprint density at radius 1 is 1.09 bits per heavy atom. The second kappa shape index (κ2) is 9.25. The molecule has 0 saturated heterocycles. The van der Waals surface area contributed by atoms with Gasteiger partial charge in [0.15, 0.2) is 5.75 Å². The lowest BCUT2D eigenvalue weighted by molar-refractivity contribution is 0.226. The van der Waals surface area contributed by atoms with Crippen LogP contribution in [0.15, 0.2) is 36.5 Å². The summed E-state index contributed by atoms with van der Waals surface area (Å²) in [6, 6.07) is 9.47. The van der Waals surface area contributed by atoms with Crippen molar-refractivity contribution in [3.8, 4) is 16.9 Å². The number of aromatic nitrogens is 1. The summed E-state index contributed by atoms with van der Waals surface area (Å²) in [7, 11) is 4.23. The van der Waals surface area contributed by atoms with E-state index in [0.29, 0.717) is 12.5 Å². The fraction of sp³-hybridized carbons (Fsp3) is 0.385. The number of rotatable bonds is 4. The molecule has 5 rings (SSSR count). The minimum absolute atomic E-state index is 0.0443. The summed E-state index contributed by atoms with van der Waals surface area (Å²) in [5.41, 5.74) is 4.49. The molecular weight excluding hydrogens is 471 g/mol. The molecule has 2 N–H and O–H groups in total. The van der Waals surface area contributed by atoms with Crippen LogP contribution in [-0.2, 0) is 6.54 Å². The van der Waals surface area contributed by atoms with Crippen molar-refractivity contribution in [2.75, 3.05) is 25.5 Å². The number of urea groups is 1. The molecule has 1 saturated carbocycles. The predicted molar refractivity (Wildman–Crippen MR) is 138 cm³/mol. The molecule has 1 fully saturated rings. The molecule has 34 heavy (non-hydrogen) atoms. The first kappa shape index (κ1) is 23.2. The Morgan fingerprint density at radius 2 is 1.79 bits per heavy atom. The van der Waals surface area contributed by atoms with Crippen LogP contribution in [0.25, 0.3) is 22.0 Å². The standard InChI is InChI=1S/C26H28Cl2N4O2/c1-31(2)14-15-3-6-19(7-4-15)32-24-18(13-30-26(32)34)12-29-23-8-5-16(9-20(23)24)17-10-21(27)25(33)22(28)11-17/h5,8-12,15,19,33H,3-4,6-7,13-14H2,1-2H3,(H,30,34). The van der Waals surface area contributed by atoms with Gasteiger partial charge in [0.25, 0.3) is 0 Å². The first-order valence-corrected chi connectivity index (χ1v) is 12.4. The summed E-state index contributed by atoms with van der Waals surface area (Å²) < 4.78 is 0. The quantitative estimate of drug-likeness (QED) is 0.458. The van der Waals surface area contributed by atoms with Gasteiger partial charge in [-0.05, 0) is 81.1 Å². The molecule has 1 aliphatic carbocycles. The number of hydrogen-bond acceptors (Lipinski definition) is 4. The summed E-state index contributed by atoms with van der Waals surface area (Å²) in [4.78, 5) is 22.0. The molecule has 1 aliphatic heterocycles. The van der Waals surface area contributed by atoms with E-state index in [1.165, 1.54) is 0 Å². The Labute approximate surface area is 209 Å². The number of aromatic hydroxyl groups is 1. The van der Waals surface area contributed by atoms with Crippen LogP contribution in [0.4, 0.5) is 10.5 Å². The first-order valence-electron chi connectivity index (χ1n) is 11.6. The third-order valence-corrected chi connectivity index (χ3v) is 7.54. The fourth-order valence-electron chi connectivity index (χ4n) is 5.35. The zero-order chi connectivity index (χ0) is 24.0. The summed E-state index contributed by atoms with van der Waals surface area (Å²) in [5, 5.41) is 14.3. The minimum Gasteiger partial charge on any atom is -0.505 e. The lowest BCUT2D eigenvalue weighted by Crippen LogP contribution is -2.51. The van der Waals surface area contributed by atoms with Gasteiger partial charge in [0.2, 0.25) is 0 Å². The van der Waals surface area contributed by atoms with Gasteiger partial charge in [-0.1, -0.05) is 29.3 Å². The summed E-state index contributed by atoms with van der Waals surface area (Å²) in [5.74, 6) is 0.544. The van der Waals surface area contributed by atoms with Crippen LogP contribution >= 0.6 is 23.2 Å². The highest BCUT2D eigenvalue weighted by Gasteiger charge is 2.35. The Bertz CT molecular complexity index is 1230. The van der Waals surface area contributed by atoms with Crippen molar-refractivity contribution >= 4 is 45.8 Å². The van der Waals surface area contributed by atoms with Gasteiger partial charge in [0.05, 0.1) is 21.2 Å². The van der Waals surface area contributed by atoms with Gasteiger partial charge in [0.1, 0.15) is 0 Å². The molecule has 2 aromatic carbocycles. The van der Waals surface area contributed by atoms with E-state index >= 15 is 0 Å². The molecule has 2 aliphatic rings. The molecule has 178 valence electrons. The number of fused-ring (bicyclic) bond motifs is 3. The Morgan fingerprint density at radius 3 is 2.47 bits per heavy atom. The molecule has 8 heteroatoms. The van der Waals surface area contributed by atoms with E-state index in [2.05, 4.69) is 29.3 Å². The van der Waals surface area contributed by atoms with E-state index in [4.69, 9.17) is 23.2 Å². The van der Waals surface area contributed by atoms with Crippen molar-refractivity contribution in [1.29, 1.82) is 0 Å². The molecule has 0 unspecified atom stereocenters. The SMILES string of the molecule is CN(C)CC1CCC(N2C(=O)NCc3cnc4ccc(-c5cc(Cl)c(O)c(Cl)c5)cc4c32)CC1. The monoisotopic (exact) mass is 498 g/mol. The van der Waals surface area contributed by atoms with Crippen molar-refractivity contribution in [1.82, 2.24) is 15.2 Å². The van der Waals surface area contributed by atoms with Crippen LogP contribution in [0.5, 0.6) is 5.75 Å². The fourth-order valence-corrected chi connectivity index (χ4v) is 5.84. The van der Waals surface area contributed by atoms with Crippen LogP contribution < -0.4 is 10.2 Å². The number of phenolic OH excluding ortho intramolecular Hbond substituents is 1. The molecule has 2 heterocycles. The van der Waals surface area contributed by atoms with E-state index in [1.807, 2.05) is 29.3 Å². The molecule has 0 atom stereocenters. The number of pyridine rings is 1. The number of nitrogens with zero attached hydrogens (tertiary/aromatic N) is 3. The van der Waals surface area contributed by atoms with E-state index in [9.17, 15) is 9.90 Å². The van der Waals surface area contributed by atoms with E-state index < -0.39 is 0 Å². The number of carbonyl (C=O) groups is 1. The molecule has 0 spiro atoms. The Kier molecular flexibility index (Phi) is 6.32. The zero-order valence-electron chi connectivity index (χ0n) is 19.3. The van der Waals surface area contributed by atoms with Crippen molar-refractivity contribution in [3.63, 3.8) is 0 Å². The van der Waals surface area contributed by atoms with Crippen molar-refractivity contribution in [2.45, 2.75) is 38.3 Å². The molecule has 0 bridgehead atoms. The normalized spacial score (nSPS) is 20.5. The summed E-state index contributed by atoms with van der Waals surface area (Å²) in [6.45, 7) is 1.55. The first-order chi connectivity index (χ1) is 16.3. The number of hydrogen-bond donors (Lipinski definition) is 2. The Balaban J connectivity index is 1.56. The average Bonchev–Trinajstić information content (AvgIpc) is 2.82. The maximum absolute atomic E-state index is 13.2. The van der Waals surface area contributed by atoms with Crippen LogP contribution in [0.3, 0.4) is 0 Å². The molecule has 6 nitrogen and oxygen atoms in total. The average molecular weight is 499 g/mol. The van der Waals surface area contributed by atoms with E-state index in [1.54, 1.807) is 12.1 Å². The van der Waals surface area contributed by atoms with Gasteiger partial charge < -0.3 is 15.3 Å². The second-order valence-electron chi connectivity index (χ2n) is 9.62. The van der Waals surface area contributed by atoms with Crippen molar-refractivity contribution in [2.24, 2.45) is 5.92 Å². The number of halogens is 2. The zero-order valence-corrected chi connectivity index (χ0v) is 20.8. The highest BCUT2D eigenvalue weighted by atomic mass is 35.5. The number of amides is 2. The largest absolute Gasteiger partial charge is 0.505 e. The van der Waals surface area contributed by atoms with Gasteiger partial charge in [-0.2, -0.15) is 0 Å². The van der Waals surface area contributed by atoms with Gasteiger partial charge in [0, 0.05) is 36.3 Å². The maximum atomic E-state index is 13.2.